The van der Waals surface area contributed by atoms with Crippen LogP contribution in [-0.4, -0.2) is 35.9 Å². The summed E-state index contributed by atoms with van der Waals surface area (Å²) in [5, 5.41) is 8.97. The summed E-state index contributed by atoms with van der Waals surface area (Å²) in [6.45, 7) is 0.509. The van der Waals surface area contributed by atoms with Crippen LogP contribution in [0.5, 0.6) is 0 Å². The third-order valence-corrected chi connectivity index (χ3v) is 2.88. The van der Waals surface area contributed by atoms with Gasteiger partial charge in [-0.05, 0) is 12.2 Å². The minimum Gasteiger partial charge on any atom is -0.390 e. The van der Waals surface area contributed by atoms with Gasteiger partial charge in [0.2, 0.25) is 10.0 Å². The van der Waals surface area contributed by atoms with Crippen LogP contribution in [0.3, 0.4) is 0 Å². The molecule has 0 saturated carbocycles. The first kappa shape index (κ1) is 12.4. The summed E-state index contributed by atoms with van der Waals surface area (Å²) in [6, 6.07) is 0. The van der Waals surface area contributed by atoms with E-state index in [-0.39, 0.29) is 13.2 Å². The lowest BCUT2D eigenvalue weighted by molar-refractivity contribution is 0.270. The largest absolute Gasteiger partial charge is 0.390 e. The molecule has 0 radical (unpaired) electrons. The fraction of sp³-hybridized carbons (Fsp3) is 0.571. The number of imidazole rings is 1. The van der Waals surface area contributed by atoms with Crippen LogP contribution >= 0.6 is 12.2 Å². The second kappa shape index (κ2) is 4.88. The normalized spacial score (nSPS) is 11.9. The number of aliphatic hydroxyl groups is 1. The summed E-state index contributed by atoms with van der Waals surface area (Å²) in [4.78, 5) is 2.78. The van der Waals surface area contributed by atoms with Gasteiger partial charge in [0.1, 0.15) is 0 Å². The molecule has 0 fully saturated rings. The molecule has 0 atom stereocenters. The van der Waals surface area contributed by atoms with Crippen molar-refractivity contribution in [1.29, 1.82) is 0 Å². The summed E-state index contributed by atoms with van der Waals surface area (Å²) in [7, 11) is -3.18. The Balaban J connectivity index is 2.65. The number of aliphatic hydroxyl groups excluding tert-OH is 1. The fourth-order valence-electron chi connectivity index (χ4n) is 1.15. The molecule has 1 rings (SSSR count). The third-order valence-electron chi connectivity index (χ3n) is 1.82. The molecule has 0 aromatic carbocycles. The number of hydrogen-bond donors (Lipinski definition) is 3. The molecule has 0 aliphatic heterocycles. The van der Waals surface area contributed by atoms with Gasteiger partial charge in [-0.15, -0.1) is 0 Å². The molecule has 6 nitrogen and oxygen atoms in total. The van der Waals surface area contributed by atoms with E-state index in [0.717, 1.165) is 6.26 Å². The van der Waals surface area contributed by atoms with Crippen molar-refractivity contribution >= 4 is 22.2 Å². The molecular formula is C7H13N3O3S2. The standard InChI is InChI=1S/C7H13N3O3S2/c1-15(12,13)9-2-3-10-6(5-11)4-8-7(10)14/h4,9,11H,2-3,5H2,1H3,(H,8,14). The van der Waals surface area contributed by atoms with Crippen molar-refractivity contribution in [2.75, 3.05) is 12.8 Å². The lowest BCUT2D eigenvalue weighted by Crippen LogP contribution is -2.26. The van der Waals surface area contributed by atoms with E-state index in [4.69, 9.17) is 17.3 Å². The number of nitrogens with zero attached hydrogens (tertiary/aromatic N) is 1. The minimum atomic E-state index is -3.18. The molecule has 1 heterocycles. The van der Waals surface area contributed by atoms with Crippen LogP contribution < -0.4 is 4.72 Å². The molecule has 86 valence electrons. The molecule has 0 saturated heterocycles. The molecule has 8 heteroatoms. The molecule has 15 heavy (non-hydrogen) atoms. The molecular weight excluding hydrogens is 238 g/mol. The lowest BCUT2D eigenvalue weighted by atomic mass is 10.5. The Morgan fingerprint density at radius 2 is 2.33 bits per heavy atom. The molecule has 3 N–H and O–H groups in total. The number of H-pyrrole nitrogens is 1. The van der Waals surface area contributed by atoms with E-state index in [1.807, 2.05) is 0 Å². The van der Waals surface area contributed by atoms with E-state index in [1.165, 1.54) is 0 Å². The van der Waals surface area contributed by atoms with Crippen molar-refractivity contribution in [1.82, 2.24) is 14.3 Å². The first-order valence-corrected chi connectivity index (χ1v) is 6.56. The molecule has 1 aromatic heterocycles. The smallest absolute Gasteiger partial charge is 0.208 e. The average molecular weight is 251 g/mol. The maximum absolute atomic E-state index is 10.8. The van der Waals surface area contributed by atoms with E-state index >= 15 is 0 Å². The van der Waals surface area contributed by atoms with Crippen LogP contribution in [0.1, 0.15) is 5.69 Å². The zero-order valence-corrected chi connectivity index (χ0v) is 9.86. The monoisotopic (exact) mass is 251 g/mol. The predicted octanol–water partition coefficient (Wildman–Crippen LogP) is -0.413. The molecule has 1 aromatic rings. The highest BCUT2D eigenvalue weighted by atomic mass is 32.2. The van der Waals surface area contributed by atoms with Crippen LogP contribution in [-0.2, 0) is 23.2 Å². The number of rotatable bonds is 5. The van der Waals surface area contributed by atoms with Gasteiger partial charge >= 0.3 is 0 Å². The zero-order chi connectivity index (χ0) is 11.5. The maximum atomic E-state index is 10.8. The van der Waals surface area contributed by atoms with Crippen molar-refractivity contribution in [3.63, 3.8) is 0 Å². The topological polar surface area (TPSA) is 87.1 Å². The van der Waals surface area contributed by atoms with E-state index in [0.29, 0.717) is 17.0 Å². The van der Waals surface area contributed by atoms with Crippen LogP contribution in [0.2, 0.25) is 0 Å². The Morgan fingerprint density at radius 3 is 2.87 bits per heavy atom. The number of hydrogen-bond acceptors (Lipinski definition) is 4. The van der Waals surface area contributed by atoms with Crippen molar-refractivity contribution in [2.24, 2.45) is 0 Å². The molecule has 0 unspecified atom stereocenters. The van der Waals surface area contributed by atoms with Gasteiger partial charge in [-0.3, -0.25) is 0 Å². The highest BCUT2D eigenvalue weighted by Crippen LogP contribution is 2.00. The van der Waals surface area contributed by atoms with Gasteiger partial charge in [0.15, 0.2) is 4.77 Å². The summed E-state index contributed by atoms with van der Waals surface area (Å²) in [6.07, 6.45) is 2.69. The number of sulfonamides is 1. The van der Waals surface area contributed by atoms with Crippen LogP contribution in [0.25, 0.3) is 0 Å². The Kier molecular flexibility index (Phi) is 4.03. The van der Waals surface area contributed by atoms with Crippen molar-refractivity contribution < 1.29 is 13.5 Å². The predicted molar refractivity (Wildman–Crippen MR) is 58.4 cm³/mol. The SMILES string of the molecule is CS(=O)(=O)NCCn1c(CO)c[nH]c1=S. The van der Waals surface area contributed by atoms with Gasteiger partial charge in [-0.25, -0.2) is 13.1 Å². The second-order valence-corrected chi connectivity index (χ2v) is 5.28. The highest BCUT2D eigenvalue weighted by molar-refractivity contribution is 7.88. The van der Waals surface area contributed by atoms with E-state index in [2.05, 4.69) is 9.71 Å². The molecule has 0 bridgehead atoms. The number of aromatic nitrogens is 2. The van der Waals surface area contributed by atoms with Gasteiger partial charge in [-0.1, -0.05) is 0 Å². The van der Waals surface area contributed by atoms with Gasteiger partial charge in [0.05, 0.1) is 18.6 Å². The van der Waals surface area contributed by atoms with Gasteiger partial charge in [0, 0.05) is 19.3 Å². The summed E-state index contributed by atoms with van der Waals surface area (Å²) >= 11 is 4.96. The van der Waals surface area contributed by atoms with Crippen LogP contribution in [0, 0.1) is 4.77 Å². The first-order valence-electron chi connectivity index (χ1n) is 4.26. The van der Waals surface area contributed by atoms with E-state index < -0.39 is 10.0 Å². The lowest BCUT2D eigenvalue weighted by Gasteiger charge is -2.06. The Bertz CT molecular complexity index is 474. The molecule has 0 aliphatic carbocycles. The molecule has 0 spiro atoms. The quantitative estimate of drug-likeness (QED) is 0.621. The van der Waals surface area contributed by atoms with Gasteiger partial charge < -0.3 is 14.7 Å². The zero-order valence-electron chi connectivity index (χ0n) is 8.23. The van der Waals surface area contributed by atoms with Gasteiger partial charge in [-0.2, -0.15) is 0 Å². The summed E-state index contributed by atoms with van der Waals surface area (Å²) in [5.74, 6) is 0. The van der Waals surface area contributed by atoms with Crippen molar-refractivity contribution in [2.45, 2.75) is 13.2 Å². The first-order chi connectivity index (χ1) is 6.94. The Morgan fingerprint density at radius 1 is 1.67 bits per heavy atom. The fourth-order valence-corrected chi connectivity index (χ4v) is 1.88. The van der Waals surface area contributed by atoms with Crippen molar-refractivity contribution in [3.05, 3.63) is 16.7 Å². The summed E-state index contributed by atoms with van der Waals surface area (Å²) < 4.78 is 26.1. The maximum Gasteiger partial charge on any atom is 0.208 e. The highest BCUT2D eigenvalue weighted by Gasteiger charge is 2.04. The van der Waals surface area contributed by atoms with Crippen LogP contribution in [0.15, 0.2) is 6.20 Å². The summed E-state index contributed by atoms with van der Waals surface area (Å²) in [5.41, 5.74) is 0.635. The number of nitrogens with one attached hydrogen (secondary N) is 2. The van der Waals surface area contributed by atoms with E-state index in [9.17, 15) is 8.42 Å². The van der Waals surface area contributed by atoms with Crippen LogP contribution in [0.4, 0.5) is 0 Å². The third kappa shape index (κ3) is 3.74. The molecule has 0 aliphatic rings. The van der Waals surface area contributed by atoms with Crippen molar-refractivity contribution in [3.8, 4) is 0 Å². The van der Waals surface area contributed by atoms with E-state index in [1.54, 1.807) is 10.8 Å². The van der Waals surface area contributed by atoms with Gasteiger partial charge in [0.25, 0.3) is 0 Å². The average Bonchev–Trinajstić information content (AvgIpc) is 2.46. The Labute approximate surface area is 93.0 Å². The molecule has 0 amide bonds. The second-order valence-electron chi connectivity index (χ2n) is 3.06. The Hall–Kier alpha value is -0.700. The minimum absolute atomic E-state index is 0.133. The number of aromatic amines is 1.